The Morgan fingerprint density at radius 1 is 1.31 bits per heavy atom. The number of Topliss-reactive ketones (excluding diaryl/α,β-unsaturated/α-hetero) is 1. The fourth-order valence-electron chi connectivity index (χ4n) is 1.60. The van der Waals surface area contributed by atoms with Crippen LogP contribution in [-0.4, -0.2) is 5.78 Å². The predicted molar refractivity (Wildman–Crippen MR) is 68.6 cm³/mol. The van der Waals surface area contributed by atoms with E-state index in [1.54, 1.807) is 0 Å². The standard InChI is InChI=1S/C15H20O/c1-5-13(10-15(16)11(2)3)14-8-6-12(4)7-9-14/h5-9,11,13H,1,10H2,2-4H3. The number of carbonyl (C=O) groups is 1. The molecule has 0 spiro atoms. The molecule has 1 unspecified atom stereocenters. The van der Waals surface area contributed by atoms with Crippen LogP contribution in [0.5, 0.6) is 0 Å². The number of ketones is 1. The lowest BCUT2D eigenvalue weighted by Crippen LogP contribution is -2.11. The highest BCUT2D eigenvalue weighted by molar-refractivity contribution is 5.81. The van der Waals surface area contributed by atoms with E-state index in [4.69, 9.17) is 0 Å². The Labute approximate surface area is 98.2 Å². The molecule has 1 heteroatoms. The number of hydrogen-bond acceptors (Lipinski definition) is 1. The quantitative estimate of drug-likeness (QED) is 0.683. The average molecular weight is 216 g/mol. The van der Waals surface area contributed by atoms with E-state index in [1.807, 2.05) is 19.9 Å². The van der Waals surface area contributed by atoms with Crippen molar-refractivity contribution in [1.29, 1.82) is 0 Å². The van der Waals surface area contributed by atoms with Crippen LogP contribution in [-0.2, 0) is 4.79 Å². The number of rotatable bonds is 5. The van der Waals surface area contributed by atoms with Gasteiger partial charge in [0.15, 0.2) is 0 Å². The summed E-state index contributed by atoms with van der Waals surface area (Å²) in [5, 5.41) is 0. The Hall–Kier alpha value is -1.37. The first kappa shape index (κ1) is 12.7. The molecule has 1 nitrogen and oxygen atoms in total. The highest BCUT2D eigenvalue weighted by atomic mass is 16.1. The fourth-order valence-corrected chi connectivity index (χ4v) is 1.60. The molecule has 0 aliphatic carbocycles. The van der Waals surface area contributed by atoms with Crippen molar-refractivity contribution >= 4 is 5.78 Å². The minimum absolute atomic E-state index is 0.105. The molecule has 0 N–H and O–H groups in total. The van der Waals surface area contributed by atoms with Gasteiger partial charge in [0.1, 0.15) is 5.78 Å². The minimum Gasteiger partial charge on any atom is -0.299 e. The summed E-state index contributed by atoms with van der Waals surface area (Å²) < 4.78 is 0. The van der Waals surface area contributed by atoms with Gasteiger partial charge >= 0.3 is 0 Å². The number of aryl methyl sites for hydroxylation is 1. The van der Waals surface area contributed by atoms with Crippen LogP contribution < -0.4 is 0 Å². The van der Waals surface area contributed by atoms with E-state index in [9.17, 15) is 4.79 Å². The van der Waals surface area contributed by atoms with Crippen molar-refractivity contribution in [3.63, 3.8) is 0 Å². The SMILES string of the molecule is C=CC(CC(=O)C(C)C)c1ccc(C)cc1. The molecule has 16 heavy (non-hydrogen) atoms. The maximum atomic E-state index is 11.7. The lowest BCUT2D eigenvalue weighted by molar-refractivity contribution is -0.122. The van der Waals surface area contributed by atoms with Crippen molar-refractivity contribution < 1.29 is 4.79 Å². The summed E-state index contributed by atoms with van der Waals surface area (Å²) in [5.74, 6) is 0.550. The Morgan fingerprint density at radius 2 is 1.88 bits per heavy atom. The number of hydrogen-bond donors (Lipinski definition) is 0. The van der Waals surface area contributed by atoms with Crippen LogP contribution in [0.1, 0.15) is 37.3 Å². The van der Waals surface area contributed by atoms with Crippen molar-refractivity contribution in [3.8, 4) is 0 Å². The smallest absolute Gasteiger partial charge is 0.136 e. The van der Waals surface area contributed by atoms with Crippen molar-refractivity contribution in [2.45, 2.75) is 33.1 Å². The van der Waals surface area contributed by atoms with Gasteiger partial charge in [-0.15, -0.1) is 6.58 Å². The lowest BCUT2D eigenvalue weighted by Gasteiger charge is -2.13. The molecule has 1 rings (SSSR count). The summed E-state index contributed by atoms with van der Waals surface area (Å²) in [6.45, 7) is 9.77. The van der Waals surface area contributed by atoms with Gasteiger partial charge in [0.05, 0.1) is 0 Å². The summed E-state index contributed by atoms with van der Waals surface area (Å²) in [6, 6.07) is 8.31. The maximum Gasteiger partial charge on any atom is 0.136 e. The zero-order valence-corrected chi connectivity index (χ0v) is 10.4. The molecule has 0 aromatic heterocycles. The van der Waals surface area contributed by atoms with Gasteiger partial charge in [-0.1, -0.05) is 49.8 Å². The van der Waals surface area contributed by atoms with E-state index in [-0.39, 0.29) is 11.8 Å². The predicted octanol–water partition coefficient (Wildman–Crippen LogP) is 3.88. The van der Waals surface area contributed by atoms with E-state index >= 15 is 0 Å². The Bertz CT molecular complexity index is 360. The first-order chi connectivity index (χ1) is 7.54. The topological polar surface area (TPSA) is 17.1 Å². The Morgan fingerprint density at radius 3 is 2.31 bits per heavy atom. The second-order valence-electron chi connectivity index (χ2n) is 4.58. The molecule has 0 radical (unpaired) electrons. The molecule has 0 aliphatic rings. The third-order valence-electron chi connectivity index (χ3n) is 2.86. The first-order valence-electron chi connectivity index (χ1n) is 5.76. The number of carbonyl (C=O) groups excluding carboxylic acids is 1. The largest absolute Gasteiger partial charge is 0.299 e. The monoisotopic (exact) mass is 216 g/mol. The molecule has 0 heterocycles. The van der Waals surface area contributed by atoms with Crippen molar-refractivity contribution in [2.24, 2.45) is 5.92 Å². The van der Waals surface area contributed by atoms with Crippen molar-refractivity contribution in [1.82, 2.24) is 0 Å². The molecular weight excluding hydrogens is 196 g/mol. The van der Waals surface area contributed by atoms with E-state index in [2.05, 4.69) is 37.8 Å². The van der Waals surface area contributed by atoms with Crippen LogP contribution in [0.2, 0.25) is 0 Å². The van der Waals surface area contributed by atoms with Crippen LogP contribution >= 0.6 is 0 Å². The van der Waals surface area contributed by atoms with E-state index in [0.29, 0.717) is 12.2 Å². The summed E-state index contributed by atoms with van der Waals surface area (Å²) in [7, 11) is 0. The van der Waals surface area contributed by atoms with Crippen molar-refractivity contribution in [3.05, 3.63) is 48.0 Å². The van der Waals surface area contributed by atoms with Gasteiger partial charge in [0.2, 0.25) is 0 Å². The van der Waals surface area contributed by atoms with Crippen LogP contribution in [0, 0.1) is 12.8 Å². The van der Waals surface area contributed by atoms with E-state index in [1.165, 1.54) is 11.1 Å². The molecule has 1 atom stereocenters. The zero-order valence-electron chi connectivity index (χ0n) is 10.4. The molecule has 86 valence electrons. The van der Waals surface area contributed by atoms with Crippen LogP contribution in [0.3, 0.4) is 0 Å². The van der Waals surface area contributed by atoms with E-state index < -0.39 is 0 Å². The Balaban J connectivity index is 2.78. The molecule has 0 aliphatic heterocycles. The summed E-state index contributed by atoms with van der Waals surface area (Å²) in [5.41, 5.74) is 2.41. The highest BCUT2D eigenvalue weighted by Crippen LogP contribution is 2.23. The molecular formula is C15H20O. The van der Waals surface area contributed by atoms with E-state index in [0.717, 1.165) is 0 Å². The zero-order chi connectivity index (χ0) is 12.1. The van der Waals surface area contributed by atoms with Crippen LogP contribution in [0.15, 0.2) is 36.9 Å². The molecule has 1 aromatic carbocycles. The summed E-state index contributed by atoms with van der Waals surface area (Å²) >= 11 is 0. The molecule has 1 aromatic rings. The molecule has 0 fully saturated rings. The second kappa shape index (κ2) is 5.64. The average Bonchev–Trinajstić information content (AvgIpc) is 2.26. The van der Waals surface area contributed by atoms with Crippen LogP contribution in [0.4, 0.5) is 0 Å². The number of benzene rings is 1. The van der Waals surface area contributed by atoms with Crippen LogP contribution in [0.25, 0.3) is 0 Å². The third-order valence-corrected chi connectivity index (χ3v) is 2.86. The van der Waals surface area contributed by atoms with Gasteiger partial charge in [-0.05, 0) is 12.5 Å². The van der Waals surface area contributed by atoms with Gasteiger partial charge in [-0.25, -0.2) is 0 Å². The second-order valence-corrected chi connectivity index (χ2v) is 4.58. The van der Waals surface area contributed by atoms with Crippen molar-refractivity contribution in [2.75, 3.05) is 0 Å². The van der Waals surface area contributed by atoms with Gasteiger partial charge in [0.25, 0.3) is 0 Å². The van der Waals surface area contributed by atoms with Gasteiger partial charge in [0, 0.05) is 18.3 Å². The Kier molecular flexibility index (Phi) is 4.48. The molecule has 0 saturated heterocycles. The molecule has 0 bridgehead atoms. The number of allylic oxidation sites excluding steroid dienone is 1. The third kappa shape index (κ3) is 3.34. The summed E-state index contributed by atoms with van der Waals surface area (Å²) in [4.78, 5) is 11.7. The van der Waals surface area contributed by atoms with Gasteiger partial charge in [-0.3, -0.25) is 4.79 Å². The normalized spacial score (nSPS) is 12.5. The lowest BCUT2D eigenvalue weighted by atomic mass is 9.90. The minimum atomic E-state index is 0.105. The maximum absolute atomic E-state index is 11.7. The highest BCUT2D eigenvalue weighted by Gasteiger charge is 2.15. The fraction of sp³-hybridized carbons (Fsp3) is 0.400. The van der Waals surface area contributed by atoms with Gasteiger partial charge in [-0.2, -0.15) is 0 Å². The first-order valence-corrected chi connectivity index (χ1v) is 5.76. The molecule has 0 saturated carbocycles. The molecule has 0 amide bonds. The summed E-state index contributed by atoms with van der Waals surface area (Å²) in [6.07, 6.45) is 2.43. The van der Waals surface area contributed by atoms with Gasteiger partial charge < -0.3 is 0 Å².